The minimum atomic E-state index is -0.870. The Balaban J connectivity index is 1.62. The third-order valence-corrected chi connectivity index (χ3v) is 6.71. The van der Waals surface area contributed by atoms with Crippen LogP contribution in [0.15, 0.2) is 108 Å². The van der Waals surface area contributed by atoms with Gasteiger partial charge in [0.15, 0.2) is 11.5 Å². The van der Waals surface area contributed by atoms with Gasteiger partial charge in [-0.2, -0.15) is 0 Å². The van der Waals surface area contributed by atoms with Gasteiger partial charge in [0.1, 0.15) is 12.6 Å². The SMILES string of the molecule is COc1c(Br)cc(CC(C(=O)O)N(Cc2ccccc2)Cc2ccccc2)cc1OCc1ccccc1. The summed E-state index contributed by atoms with van der Waals surface area (Å²) in [4.78, 5) is 14.6. The van der Waals surface area contributed by atoms with E-state index in [4.69, 9.17) is 9.47 Å². The van der Waals surface area contributed by atoms with Gasteiger partial charge in [0.2, 0.25) is 0 Å². The van der Waals surface area contributed by atoms with Crippen LogP contribution in [0.4, 0.5) is 0 Å². The van der Waals surface area contributed by atoms with Gasteiger partial charge in [-0.1, -0.05) is 91.0 Å². The van der Waals surface area contributed by atoms with Crippen molar-refractivity contribution in [3.05, 3.63) is 130 Å². The Morgan fingerprint density at radius 3 is 1.81 bits per heavy atom. The van der Waals surface area contributed by atoms with Crippen molar-refractivity contribution >= 4 is 21.9 Å². The molecule has 5 nitrogen and oxygen atoms in total. The van der Waals surface area contributed by atoms with E-state index in [0.29, 0.717) is 37.6 Å². The average molecular weight is 560 g/mol. The van der Waals surface area contributed by atoms with Crippen molar-refractivity contribution in [3.63, 3.8) is 0 Å². The van der Waals surface area contributed by atoms with Gasteiger partial charge < -0.3 is 14.6 Å². The number of nitrogens with zero attached hydrogens (tertiary/aromatic N) is 1. The zero-order chi connectivity index (χ0) is 26.0. The summed E-state index contributed by atoms with van der Waals surface area (Å²) >= 11 is 3.59. The van der Waals surface area contributed by atoms with Gasteiger partial charge in [-0.25, -0.2) is 0 Å². The summed E-state index contributed by atoms with van der Waals surface area (Å²) in [5, 5.41) is 10.3. The van der Waals surface area contributed by atoms with Gasteiger partial charge in [0.05, 0.1) is 11.6 Å². The maximum Gasteiger partial charge on any atom is 0.321 e. The standard InChI is InChI=1S/C31H30BrNO4/c1-36-30-27(32)17-26(19-29(30)37-22-25-15-9-4-10-16-25)18-28(31(34)35)33(20-23-11-5-2-6-12-23)21-24-13-7-3-8-14-24/h2-17,19,28H,18,20-22H2,1H3,(H,34,35). The average Bonchev–Trinajstić information content (AvgIpc) is 2.91. The highest BCUT2D eigenvalue weighted by Gasteiger charge is 2.27. The first-order valence-corrected chi connectivity index (χ1v) is 12.9. The van der Waals surface area contributed by atoms with E-state index in [-0.39, 0.29) is 0 Å². The van der Waals surface area contributed by atoms with Crippen molar-refractivity contribution in [2.75, 3.05) is 7.11 Å². The largest absolute Gasteiger partial charge is 0.492 e. The molecule has 0 bridgehead atoms. The minimum Gasteiger partial charge on any atom is -0.492 e. The van der Waals surface area contributed by atoms with Crippen molar-refractivity contribution in [1.82, 2.24) is 4.90 Å². The van der Waals surface area contributed by atoms with Crippen LogP contribution in [-0.4, -0.2) is 29.1 Å². The molecule has 0 spiro atoms. The molecule has 190 valence electrons. The Labute approximate surface area is 226 Å². The fourth-order valence-corrected chi connectivity index (χ4v) is 4.94. The zero-order valence-corrected chi connectivity index (χ0v) is 22.3. The molecule has 37 heavy (non-hydrogen) atoms. The number of ether oxygens (including phenoxy) is 2. The highest BCUT2D eigenvalue weighted by molar-refractivity contribution is 9.10. The summed E-state index contributed by atoms with van der Waals surface area (Å²) in [6.45, 7) is 1.41. The molecule has 0 heterocycles. The molecule has 0 aromatic heterocycles. The first-order valence-electron chi connectivity index (χ1n) is 12.1. The Hall–Kier alpha value is -3.61. The predicted octanol–water partition coefficient (Wildman–Crippen LogP) is 6.73. The number of carbonyl (C=O) groups is 1. The number of hydrogen-bond acceptors (Lipinski definition) is 4. The fourth-order valence-electron chi connectivity index (χ4n) is 4.29. The highest BCUT2D eigenvalue weighted by Crippen LogP contribution is 2.37. The third kappa shape index (κ3) is 7.44. The molecule has 1 N–H and O–H groups in total. The predicted molar refractivity (Wildman–Crippen MR) is 149 cm³/mol. The molecule has 0 saturated carbocycles. The molecule has 6 heteroatoms. The van der Waals surface area contributed by atoms with E-state index in [0.717, 1.165) is 26.7 Å². The molecule has 4 aromatic rings. The lowest BCUT2D eigenvalue weighted by Crippen LogP contribution is -2.42. The Kier molecular flexibility index (Phi) is 9.35. The molecule has 0 fully saturated rings. The van der Waals surface area contributed by atoms with Crippen LogP contribution in [0.1, 0.15) is 22.3 Å². The molecule has 0 aliphatic heterocycles. The number of rotatable bonds is 12. The number of carboxylic acid groups (broad SMARTS) is 1. The van der Waals surface area contributed by atoms with Gasteiger partial charge in [-0.3, -0.25) is 9.69 Å². The lowest BCUT2D eigenvalue weighted by atomic mass is 10.0. The topological polar surface area (TPSA) is 59.0 Å². The maximum atomic E-state index is 12.6. The van der Waals surface area contributed by atoms with Gasteiger partial charge in [0.25, 0.3) is 0 Å². The van der Waals surface area contributed by atoms with Crippen LogP contribution >= 0.6 is 15.9 Å². The zero-order valence-electron chi connectivity index (χ0n) is 20.7. The summed E-state index contributed by atoms with van der Waals surface area (Å²) in [6, 6.07) is 32.9. The van der Waals surface area contributed by atoms with E-state index in [2.05, 4.69) is 15.9 Å². The first-order chi connectivity index (χ1) is 18.0. The second-order valence-electron chi connectivity index (χ2n) is 8.82. The normalized spacial score (nSPS) is 11.8. The van der Waals surface area contributed by atoms with Crippen molar-refractivity contribution in [1.29, 1.82) is 0 Å². The van der Waals surface area contributed by atoms with Crippen LogP contribution in [0.3, 0.4) is 0 Å². The van der Waals surface area contributed by atoms with E-state index in [9.17, 15) is 9.90 Å². The quantitative estimate of drug-likeness (QED) is 0.208. The van der Waals surface area contributed by atoms with Crippen LogP contribution in [-0.2, 0) is 30.9 Å². The van der Waals surface area contributed by atoms with Crippen LogP contribution in [0.2, 0.25) is 0 Å². The van der Waals surface area contributed by atoms with Crippen LogP contribution in [0, 0.1) is 0 Å². The lowest BCUT2D eigenvalue weighted by molar-refractivity contribution is -0.143. The Morgan fingerprint density at radius 2 is 1.32 bits per heavy atom. The van der Waals surface area contributed by atoms with Crippen LogP contribution in [0.5, 0.6) is 11.5 Å². The van der Waals surface area contributed by atoms with Gasteiger partial charge in [0, 0.05) is 13.1 Å². The monoisotopic (exact) mass is 559 g/mol. The van der Waals surface area contributed by atoms with Crippen molar-refractivity contribution in [2.45, 2.75) is 32.2 Å². The molecule has 4 aromatic carbocycles. The molecule has 0 aliphatic rings. The molecule has 4 rings (SSSR count). The van der Waals surface area contributed by atoms with Crippen molar-refractivity contribution in [3.8, 4) is 11.5 Å². The summed E-state index contributed by atoms with van der Waals surface area (Å²) in [5.41, 5.74) is 4.00. The number of benzene rings is 4. The van der Waals surface area contributed by atoms with E-state index in [1.807, 2.05) is 108 Å². The van der Waals surface area contributed by atoms with Gasteiger partial charge in [-0.05, 0) is 56.7 Å². The molecular formula is C31H30BrNO4. The molecule has 0 amide bonds. The maximum absolute atomic E-state index is 12.6. The summed E-state index contributed by atoms with van der Waals surface area (Å²) in [7, 11) is 1.59. The van der Waals surface area contributed by atoms with Gasteiger partial charge >= 0.3 is 5.97 Å². The fraction of sp³-hybridized carbons (Fsp3) is 0.194. The molecular weight excluding hydrogens is 530 g/mol. The minimum absolute atomic E-state index is 0.305. The number of halogens is 1. The summed E-state index contributed by atoms with van der Waals surface area (Å²) in [5.74, 6) is 0.278. The number of carboxylic acids is 1. The summed E-state index contributed by atoms with van der Waals surface area (Å²) < 4.78 is 12.4. The second-order valence-corrected chi connectivity index (χ2v) is 9.67. The number of methoxy groups -OCH3 is 1. The number of aliphatic carboxylic acids is 1. The molecule has 1 unspecified atom stereocenters. The molecule has 0 aliphatic carbocycles. The highest BCUT2D eigenvalue weighted by atomic mass is 79.9. The third-order valence-electron chi connectivity index (χ3n) is 6.12. The van der Waals surface area contributed by atoms with Gasteiger partial charge in [-0.15, -0.1) is 0 Å². The van der Waals surface area contributed by atoms with E-state index in [1.165, 1.54) is 0 Å². The molecule has 0 saturated heterocycles. The lowest BCUT2D eigenvalue weighted by Gasteiger charge is -2.29. The second kappa shape index (κ2) is 13.1. The summed E-state index contributed by atoms with van der Waals surface area (Å²) in [6.07, 6.45) is 0.305. The molecule has 0 radical (unpaired) electrons. The smallest absolute Gasteiger partial charge is 0.321 e. The van der Waals surface area contributed by atoms with E-state index in [1.54, 1.807) is 7.11 Å². The van der Waals surface area contributed by atoms with E-state index < -0.39 is 12.0 Å². The van der Waals surface area contributed by atoms with Crippen molar-refractivity contribution < 1.29 is 19.4 Å². The Bertz CT molecular complexity index is 1240. The number of hydrogen-bond donors (Lipinski definition) is 1. The molecule has 1 atom stereocenters. The van der Waals surface area contributed by atoms with Crippen molar-refractivity contribution in [2.24, 2.45) is 0 Å². The van der Waals surface area contributed by atoms with Crippen LogP contribution in [0.25, 0.3) is 0 Å². The van der Waals surface area contributed by atoms with E-state index >= 15 is 0 Å². The van der Waals surface area contributed by atoms with Crippen LogP contribution < -0.4 is 9.47 Å². The Morgan fingerprint density at radius 1 is 0.811 bits per heavy atom. The first kappa shape index (κ1) is 26.5.